The first-order valence-electron chi connectivity index (χ1n) is 15.3. The topological polar surface area (TPSA) is 134 Å². The van der Waals surface area contributed by atoms with Gasteiger partial charge in [0.2, 0.25) is 0 Å². The second-order valence-corrected chi connectivity index (χ2v) is 12.1. The summed E-state index contributed by atoms with van der Waals surface area (Å²) in [5.74, 6) is -1.72. The average molecular weight is 629 g/mol. The van der Waals surface area contributed by atoms with Crippen molar-refractivity contribution < 1.29 is 39.5 Å². The molecule has 0 aliphatic heterocycles. The zero-order valence-electron chi connectivity index (χ0n) is 25.5. The number of carbonyl (C=O) groups is 2. The number of aliphatic hydroxyl groups is 2. The summed E-state index contributed by atoms with van der Waals surface area (Å²) in [7, 11) is 1.58. The second-order valence-electron chi connectivity index (χ2n) is 12.1. The first kappa shape index (κ1) is 30.4. The Labute approximate surface area is 271 Å². The number of hydrogen-bond donors (Lipinski definition) is 4. The standard InChI is InChI=1S/C39H32O8/c1-46-26-18-16-25(17-19-26)39(23-10-4-2-5-11-23,24-12-6-3-7-13-24)47-22-38(45)20-29-31(30(40)21-38)37(44)33-32(36(29)43)34(41)27-14-8-9-15-28(27)35(33)42/h2-19,30,40,43-45H,20-22H2,1H3/t30-,38+/m1/s1. The van der Waals surface area contributed by atoms with Crippen LogP contribution in [0.3, 0.4) is 0 Å². The quantitative estimate of drug-likeness (QED) is 0.133. The van der Waals surface area contributed by atoms with Gasteiger partial charge < -0.3 is 29.9 Å². The summed E-state index contributed by atoms with van der Waals surface area (Å²) in [6.45, 7) is -0.313. The van der Waals surface area contributed by atoms with Crippen molar-refractivity contribution in [3.8, 4) is 17.2 Å². The number of fused-ring (bicyclic) bond motifs is 3. The largest absolute Gasteiger partial charge is 0.507 e. The Balaban J connectivity index is 1.33. The van der Waals surface area contributed by atoms with Crippen LogP contribution in [0.25, 0.3) is 0 Å². The van der Waals surface area contributed by atoms with Crippen molar-refractivity contribution in [1.82, 2.24) is 0 Å². The van der Waals surface area contributed by atoms with Gasteiger partial charge in [-0.15, -0.1) is 0 Å². The molecule has 8 heteroatoms. The van der Waals surface area contributed by atoms with E-state index >= 15 is 0 Å². The first-order chi connectivity index (χ1) is 22.7. The number of aliphatic hydroxyl groups excluding tert-OH is 1. The summed E-state index contributed by atoms with van der Waals surface area (Å²) in [5, 5.41) is 46.4. The Bertz CT molecular complexity index is 1960. The predicted octanol–water partition coefficient (Wildman–Crippen LogP) is 5.60. The van der Waals surface area contributed by atoms with Crippen LogP contribution in [0.2, 0.25) is 0 Å². The SMILES string of the molecule is COc1ccc(C(OC[C@]2(O)Cc3c(O)c4c(c(O)c3[C@H](O)C2)C(=O)c2ccccc2C4=O)(c2ccccc2)c2ccccc2)cc1. The maximum absolute atomic E-state index is 13.5. The number of hydrogen-bond acceptors (Lipinski definition) is 8. The minimum atomic E-state index is -1.76. The molecule has 0 unspecified atom stereocenters. The molecule has 0 amide bonds. The van der Waals surface area contributed by atoms with Crippen LogP contribution in [0.4, 0.5) is 0 Å². The van der Waals surface area contributed by atoms with Crippen LogP contribution >= 0.6 is 0 Å². The Morgan fingerprint density at radius 2 is 1.21 bits per heavy atom. The summed E-state index contributed by atoms with van der Waals surface area (Å²) in [5.41, 5.74) is -1.23. The summed E-state index contributed by atoms with van der Waals surface area (Å²) < 4.78 is 12.3. The van der Waals surface area contributed by atoms with E-state index in [0.29, 0.717) is 5.75 Å². The fraction of sp³-hybridized carbons (Fsp3) is 0.179. The van der Waals surface area contributed by atoms with E-state index in [1.54, 1.807) is 19.2 Å². The molecule has 0 heterocycles. The van der Waals surface area contributed by atoms with Gasteiger partial charge in [0.15, 0.2) is 11.6 Å². The van der Waals surface area contributed by atoms with Crippen LogP contribution in [-0.2, 0) is 16.8 Å². The van der Waals surface area contributed by atoms with Crippen LogP contribution in [0, 0.1) is 0 Å². The van der Waals surface area contributed by atoms with E-state index in [1.165, 1.54) is 12.1 Å². The van der Waals surface area contributed by atoms with Crippen LogP contribution < -0.4 is 4.74 Å². The molecule has 0 aromatic heterocycles. The molecule has 0 spiro atoms. The number of ketones is 2. The van der Waals surface area contributed by atoms with Crippen molar-refractivity contribution >= 4 is 11.6 Å². The third-order valence-corrected chi connectivity index (χ3v) is 9.29. The molecule has 2 aliphatic carbocycles. The Morgan fingerprint density at radius 1 is 0.723 bits per heavy atom. The molecule has 0 fully saturated rings. The van der Waals surface area contributed by atoms with E-state index < -0.39 is 40.4 Å². The van der Waals surface area contributed by atoms with E-state index in [4.69, 9.17) is 9.47 Å². The number of methoxy groups -OCH3 is 1. The smallest absolute Gasteiger partial charge is 0.198 e. The van der Waals surface area contributed by atoms with Gasteiger partial charge >= 0.3 is 0 Å². The Morgan fingerprint density at radius 3 is 1.74 bits per heavy atom. The van der Waals surface area contributed by atoms with Crippen molar-refractivity contribution in [3.05, 3.63) is 159 Å². The lowest BCUT2D eigenvalue weighted by Crippen LogP contribution is -2.46. The van der Waals surface area contributed by atoms with Crippen molar-refractivity contribution in [2.24, 2.45) is 0 Å². The molecule has 0 bridgehead atoms. The second kappa shape index (κ2) is 11.5. The molecular formula is C39H32O8. The third-order valence-electron chi connectivity index (χ3n) is 9.29. The van der Waals surface area contributed by atoms with E-state index in [-0.39, 0.29) is 52.8 Å². The molecule has 0 radical (unpaired) electrons. The van der Waals surface area contributed by atoms with Gasteiger partial charge in [-0.25, -0.2) is 0 Å². The van der Waals surface area contributed by atoms with Crippen molar-refractivity contribution in [2.45, 2.75) is 30.1 Å². The van der Waals surface area contributed by atoms with Gasteiger partial charge in [-0.05, 0) is 28.8 Å². The number of phenols is 2. The molecule has 47 heavy (non-hydrogen) atoms. The summed E-state index contributed by atoms with van der Waals surface area (Å²) >= 11 is 0. The van der Waals surface area contributed by atoms with Crippen LogP contribution in [0.5, 0.6) is 17.2 Å². The fourth-order valence-electron chi connectivity index (χ4n) is 7.06. The molecule has 2 aliphatic rings. The van der Waals surface area contributed by atoms with Crippen LogP contribution in [-0.4, -0.2) is 51.3 Å². The highest BCUT2D eigenvalue weighted by molar-refractivity contribution is 6.30. The van der Waals surface area contributed by atoms with Crippen molar-refractivity contribution in [2.75, 3.05) is 13.7 Å². The molecule has 2 atom stereocenters. The average Bonchev–Trinajstić information content (AvgIpc) is 3.10. The highest BCUT2D eigenvalue weighted by Crippen LogP contribution is 2.51. The lowest BCUT2D eigenvalue weighted by molar-refractivity contribution is -0.114. The molecule has 5 aromatic carbocycles. The summed E-state index contributed by atoms with van der Waals surface area (Å²) in [6, 6.07) is 32.8. The van der Waals surface area contributed by atoms with Gasteiger partial charge in [0, 0.05) is 35.1 Å². The van der Waals surface area contributed by atoms with Crippen molar-refractivity contribution in [1.29, 1.82) is 0 Å². The highest BCUT2D eigenvalue weighted by atomic mass is 16.5. The Hall–Kier alpha value is -5.28. The maximum Gasteiger partial charge on any atom is 0.198 e. The number of carbonyl (C=O) groups excluding carboxylic acids is 2. The molecule has 8 nitrogen and oxygen atoms in total. The first-order valence-corrected chi connectivity index (χ1v) is 15.3. The van der Waals surface area contributed by atoms with E-state index in [9.17, 15) is 30.0 Å². The van der Waals surface area contributed by atoms with Gasteiger partial charge in [0.25, 0.3) is 0 Å². The zero-order chi connectivity index (χ0) is 32.9. The van der Waals surface area contributed by atoms with E-state index in [2.05, 4.69) is 0 Å². The summed E-state index contributed by atoms with van der Waals surface area (Å²) in [6.07, 6.45) is -2.02. The zero-order valence-corrected chi connectivity index (χ0v) is 25.5. The minimum absolute atomic E-state index is 0.0129. The number of ether oxygens (including phenoxy) is 2. The van der Waals surface area contributed by atoms with Crippen molar-refractivity contribution in [3.63, 3.8) is 0 Å². The van der Waals surface area contributed by atoms with Gasteiger partial charge in [-0.1, -0.05) is 97.1 Å². The molecule has 7 rings (SSSR count). The van der Waals surface area contributed by atoms with E-state index in [0.717, 1.165) is 16.7 Å². The van der Waals surface area contributed by atoms with Crippen LogP contribution in [0.1, 0.15) is 72.2 Å². The predicted molar refractivity (Wildman–Crippen MR) is 173 cm³/mol. The number of aromatic hydroxyl groups is 2. The Kier molecular flexibility index (Phi) is 7.44. The monoisotopic (exact) mass is 628 g/mol. The molecule has 5 aromatic rings. The van der Waals surface area contributed by atoms with Gasteiger partial charge in [-0.3, -0.25) is 9.59 Å². The van der Waals surface area contributed by atoms with Gasteiger partial charge in [-0.2, -0.15) is 0 Å². The molecular weight excluding hydrogens is 596 g/mol. The summed E-state index contributed by atoms with van der Waals surface area (Å²) in [4.78, 5) is 27.0. The lowest BCUT2D eigenvalue weighted by Gasteiger charge is -2.42. The minimum Gasteiger partial charge on any atom is -0.507 e. The molecule has 236 valence electrons. The number of rotatable bonds is 7. The molecule has 0 saturated carbocycles. The lowest BCUT2D eigenvalue weighted by atomic mass is 9.73. The maximum atomic E-state index is 13.5. The number of benzene rings is 5. The van der Waals surface area contributed by atoms with Gasteiger partial charge in [0.1, 0.15) is 22.8 Å². The van der Waals surface area contributed by atoms with Crippen LogP contribution in [0.15, 0.2) is 109 Å². The fourth-order valence-corrected chi connectivity index (χ4v) is 7.06. The van der Waals surface area contributed by atoms with Gasteiger partial charge in [0.05, 0.1) is 36.5 Å². The normalized spacial score (nSPS) is 18.7. The molecule has 0 saturated heterocycles. The molecule has 4 N–H and O–H groups in total. The number of phenolic OH excluding ortho intramolecular Hbond substituents is 2. The highest BCUT2D eigenvalue weighted by Gasteiger charge is 2.47. The third kappa shape index (κ3) is 4.80. The van der Waals surface area contributed by atoms with E-state index in [1.807, 2.05) is 84.9 Å².